The number of fused-ring (bicyclic) bond motifs is 1. The zero-order chi connectivity index (χ0) is 15.0. The number of carbonyl (C=O) groups is 1. The summed E-state index contributed by atoms with van der Waals surface area (Å²) in [5.74, 6) is -0.197. The third kappa shape index (κ3) is 2.72. The lowest BCUT2D eigenvalue weighted by Gasteiger charge is -2.09. The first-order valence-electron chi connectivity index (χ1n) is 6.15. The third-order valence-electron chi connectivity index (χ3n) is 3.17. The van der Waals surface area contributed by atoms with Crippen LogP contribution >= 0.6 is 11.6 Å². The molecule has 7 heteroatoms. The van der Waals surface area contributed by atoms with Gasteiger partial charge >= 0.3 is 0 Å². The fraction of sp³-hybridized carbons (Fsp3) is 0.0714. The average Bonchev–Trinajstić information content (AvgIpc) is 2.80. The van der Waals surface area contributed by atoms with Gasteiger partial charge < -0.3 is 5.32 Å². The Hall–Kier alpha value is -2.05. The number of rotatable bonds is 3. The van der Waals surface area contributed by atoms with Gasteiger partial charge in [0.05, 0.1) is 4.90 Å². The smallest absolute Gasteiger partial charge is 0.261 e. The van der Waals surface area contributed by atoms with Crippen LogP contribution < -0.4 is 10.0 Å². The Kier molecular flexibility index (Phi) is 3.35. The molecule has 0 spiro atoms. The number of anilines is 1. The Balaban J connectivity index is 1.91. The van der Waals surface area contributed by atoms with E-state index in [2.05, 4.69) is 10.0 Å². The largest absolute Gasteiger partial charge is 0.348 e. The lowest BCUT2D eigenvalue weighted by atomic mass is 10.1. The molecule has 0 radical (unpaired) electrons. The summed E-state index contributed by atoms with van der Waals surface area (Å²) in [6, 6.07) is 10.7. The monoisotopic (exact) mass is 322 g/mol. The lowest BCUT2D eigenvalue weighted by molar-refractivity contribution is 0.0966. The van der Waals surface area contributed by atoms with Crippen molar-refractivity contribution in [1.29, 1.82) is 0 Å². The molecular formula is C14H11ClN2O3S. The molecule has 0 saturated carbocycles. The van der Waals surface area contributed by atoms with Gasteiger partial charge in [0.1, 0.15) is 0 Å². The van der Waals surface area contributed by atoms with E-state index in [9.17, 15) is 13.2 Å². The van der Waals surface area contributed by atoms with Crippen molar-refractivity contribution < 1.29 is 13.2 Å². The van der Waals surface area contributed by atoms with Gasteiger partial charge in [-0.2, -0.15) is 0 Å². The molecule has 0 atom stereocenters. The maximum atomic E-state index is 12.2. The summed E-state index contributed by atoms with van der Waals surface area (Å²) in [5.41, 5.74) is 1.70. The SMILES string of the molecule is O=C1NCc2ccc(NS(=O)(=O)c3ccc(Cl)cc3)cc21. The topological polar surface area (TPSA) is 75.3 Å². The van der Waals surface area contributed by atoms with Gasteiger partial charge in [-0.3, -0.25) is 9.52 Å². The summed E-state index contributed by atoms with van der Waals surface area (Å²) < 4.78 is 26.9. The Labute approximate surface area is 127 Å². The van der Waals surface area contributed by atoms with Gasteiger partial charge in [-0.25, -0.2) is 8.42 Å². The minimum Gasteiger partial charge on any atom is -0.348 e. The van der Waals surface area contributed by atoms with Crippen molar-refractivity contribution in [2.75, 3.05) is 4.72 Å². The van der Waals surface area contributed by atoms with Gasteiger partial charge in [0.2, 0.25) is 0 Å². The van der Waals surface area contributed by atoms with Crippen LogP contribution in [0, 0.1) is 0 Å². The van der Waals surface area contributed by atoms with Crippen LogP contribution in [0.2, 0.25) is 5.02 Å². The molecule has 2 aromatic rings. The van der Waals surface area contributed by atoms with Gasteiger partial charge in [0.25, 0.3) is 15.9 Å². The zero-order valence-electron chi connectivity index (χ0n) is 10.8. The van der Waals surface area contributed by atoms with Gasteiger partial charge in [0.15, 0.2) is 0 Å². The second kappa shape index (κ2) is 5.05. The molecule has 0 aliphatic carbocycles. The maximum Gasteiger partial charge on any atom is 0.261 e. The predicted octanol–water partition coefficient (Wildman–Crippen LogP) is 2.38. The van der Waals surface area contributed by atoms with Crippen LogP contribution in [0.4, 0.5) is 5.69 Å². The van der Waals surface area contributed by atoms with Crippen LogP contribution in [-0.4, -0.2) is 14.3 Å². The summed E-state index contributed by atoms with van der Waals surface area (Å²) in [4.78, 5) is 11.7. The summed E-state index contributed by atoms with van der Waals surface area (Å²) in [7, 11) is -3.71. The van der Waals surface area contributed by atoms with E-state index in [0.29, 0.717) is 22.8 Å². The minimum absolute atomic E-state index is 0.108. The first-order valence-corrected chi connectivity index (χ1v) is 8.01. The molecule has 5 nitrogen and oxygen atoms in total. The Morgan fingerprint density at radius 2 is 1.81 bits per heavy atom. The Bertz CT molecular complexity index is 817. The number of nitrogens with one attached hydrogen (secondary N) is 2. The van der Waals surface area contributed by atoms with Crippen molar-refractivity contribution in [2.45, 2.75) is 11.4 Å². The van der Waals surface area contributed by atoms with E-state index in [1.807, 2.05) is 0 Å². The number of halogens is 1. The summed E-state index contributed by atoms with van der Waals surface area (Å²) in [6.07, 6.45) is 0. The highest BCUT2D eigenvalue weighted by atomic mass is 35.5. The molecule has 3 rings (SSSR count). The number of sulfonamides is 1. The van der Waals surface area contributed by atoms with E-state index in [-0.39, 0.29) is 10.8 Å². The van der Waals surface area contributed by atoms with E-state index in [1.165, 1.54) is 30.3 Å². The summed E-state index contributed by atoms with van der Waals surface area (Å²) in [5, 5.41) is 3.14. The van der Waals surface area contributed by atoms with E-state index in [0.717, 1.165) is 5.56 Å². The van der Waals surface area contributed by atoms with E-state index in [1.54, 1.807) is 12.1 Å². The van der Waals surface area contributed by atoms with Crippen molar-refractivity contribution in [3.63, 3.8) is 0 Å². The zero-order valence-corrected chi connectivity index (χ0v) is 12.3. The molecule has 0 aromatic heterocycles. The second-order valence-electron chi connectivity index (χ2n) is 4.61. The van der Waals surface area contributed by atoms with Crippen LogP contribution in [0.5, 0.6) is 0 Å². The first-order chi connectivity index (χ1) is 9.95. The normalized spacial score (nSPS) is 13.7. The van der Waals surface area contributed by atoms with Crippen LogP contribution in [0.25, 0.3) is 0 Å². The fourth-order valence-electron chi connectivity index (χ4n) is 2.10. The summed E-state index contributed by atoms with van der Waals surface area (Å²) in [6.45, 7) is 0.471. The first kappa shape index (κ1) is 13.9. The van der Waals surface area contributed by atoms with Crippen molar-refractivity contribution in [3.05, 3.63) is 58.6 Å². The van der Waals surface area contributed by atoms with Crippen LogP contribution in [0.1, 0.15) is 15.9 Å². The van der Waals surface area contributed by atoms with Gasteiger partial charge in [-0.05, 0) is 42.0 Å². The molecular weight excluding hydrogens is 312 g/mol. The van der Waals surface area contributed by atoms with E-state index < -0.39 is 10.0 Å². The highest BCUT2D eigenvalue weighted by molar-refractivity contribution is 7.92. The van der Waals surface area contributed by atoms with Crippen molar-refractivity contribution in [3.8, 4) is 0 Å². The molecule has 0 bridgehead atoms. The molecule has 1 heterocycles. The van der Waals surface area contributed by atoms with Gasteiger partial charge in [0, 0.05) is 22.8 Å². The number of benzene rings is 2. The van der Waals surface area contributed by atoms with Crippen LogP contribution in [0.3, 0.4) is 0 Å². The quantitative estimate of drug-likeness (QED) is 0.911. The van der Waals surface area contributed by atoms with Gasteiger partial charge in [-0.15, -0.1) is 0 Å². The molecule has 1 amide bonds. The van der Waals surface area contributed by atoms with Crippen molar-refractivity contribution in [1.82, 2.24) is 5.32 Å². The number of hydrogen-bond donors (Lipinski definition) is 2. The Morgan fingerprint density at radius 1 is 1.10 bits per heavy atom. The molecule has 2 N–H and O–H groups in total. The standard InChI is InChI=1S/C14H11ClN2O3S/c15-10-2-5-12(6-3-10)21(19,20)17-11-4-1-9-8-16-14(18)13(9)7-11/h1-7,17H,8H2,(H,16,18). The minimum atomic E-state index is -3.71. The van der Waals surface area contributed by atoms with Crippen molar-refractivity contribution in [2.24, 2.45) is 0 Å². The highest BCUT2D eigenvalue weighted by Gasteiger charge is 2.20. The molecule has 2 aromatic carbocycles. The molecule has 0 fully saturated rings. The molecule has 0 unspecified atom stereocenters. The fourth-order valence-corrected chi connectivity index (χ4v) is 3.28. The molecule has 108 valence electrons. The van der Waals surface area contributed by atoms with Gasteiger partial charge in [-0.1, -0.05) is 17.7 Å². The maximum absolute atomic E-state index is 12.2. The second-order valence-corrected chi connectivity index (χ2v) is 6.73. The average molecular weight is 323 g/mol. The molecule has 21 heavy (non-hydrogen) atoms. The number of hydrogen-bond acceptors (Lipinski definition) is 3. The van der Waals surface area contributed by atoms with E-state index in [4.69, 9.17) is 11.6 Å². The molecule has 1 aliphatic rings. The molecule has 1 aliphatic heterocycles. The van der Waals surface area contributed by atoms with E-state index >= 15 is 0 Å². The number of carbonyl (C=O) groups excluding carboxylic acids is 1. The van der Waals surface area contributed by atoms with Crippen molar-refractivity contribution >= 4 is 33.2 Å². The predicted molar refractivity (Wildman–Crippen MR) is 79.9 cm³/mol. The Morgan fingerprint density at radius 3 is 2.52 bits per heavy atom. The van der Waals surface area contributed by atoms with Crippen LogP contribution in [0.15, 0.2) is 47.4 Å². The molecule has 0 saturated heterocycles. The van der Waals surface area contributed by atoms with Crippen LogP contribution in [-0.2, 0) is 16.6 Å². The number of amides is 1. The summed E-state index contributed by atoms with van der Waals surface area (Å²) >= 11 is 5.74. The lowest BCUT2D eigenvalue weighted by Crippen LogP contribution is -2.14. The third-order valence-corrected chi connectivity index (χ3v) is 4.82. The highest BCUT2D eigenvalue weighted by Crippen LogP contribution is 2.23.